The number of rotatable bonds is 5. The molecule has 1 saturated carbocycles. The van der Waals surface area contributed by atoms with Gasteiger partial charge in [0.1, 0.15) is 6.04 Å². The topological polar surface area (TPSA) is 57.6 Å². The van der Waals surface area contributed by atoms with Gasteiger partial charge in [0.15, 0.2) is 0 Å². The lowest BCUT2D eigenvalue weighted by molar-refractivity contribution is -0.150. The zero-order chi connectivity index (χ0) is 14.8. The van der Waals surface area contributed by atoms with E-state index in [0.717, 1.165) is 22.8 Å². The van der Waals surface area contributed by atoms with Gasteiger partial charge in [0.25, 0.3) is 0 Å². The molecule has 4 nitrogen and oxygen atoms in total. The molecule has 112 valence electrons. The summed E-state index contributed by atoms with van der Waals surface area (Å²) in [5.74, 6) is 1.23. The van der Waals surface area contributed by atoms with Crippen LogP contribution < -0.4 is 0 Å². The Balaban J connectivity index is 1.68. The van der Waals surface area contributed by atoms with Gasteiger partial charge in [-0.1, -0.05) is 24.3 Å². The molecule has 0 aromatic heterocycles. The summed E-state index contributed by atoms with van der Waals surface area (Å²) in [6, 6.07) is 7.05. The molecule has 2 aliphatic rings. The Morgan fingerprint density at radius 3 is 2.62 bits per heavy atom. The molecule has 1 amide bonds. The lowest BCUT2D eigenvalue weighted by atomic mass is 9.94. The van der Waals surface area contributed by atoms with Gasteiger partial charge in [0.2, 0.25) is 5.91 Å². The van der Waals surface area contributed by atoms with Crippen molar-refractivity contribution in [3.05, 3.63) is 35.4 Å². The molecule has 0 radical (unpaired) electrons. The highest BCUT2D eigenvalue weighted by Crippen LogP contribution is 2.32. The van der Waals surface area contributed by atoms with Crippen molar-refractivity contribution in [2.75, 3.05) is 11.5 Å². The van der Waals surface area contributed by atoms with Crippen LogP contribution in [0.25, 0.3) is 0 Å². The van der Waals surface area contributed by atoms with Crippen molar-refractivity contribution in [3.8, 4) is 0 Å². The zero-order valence-electron chi connectivity index (χ0n) is 11.8. The van der Waals surface area contributed by atoms with Crippen molar-refractivity contribution in [2.45, 2.75) is 31.8 Å². The van der Waals surface area contributed by atoms with Gasteiger partial charge in [-0.15, -0.1) is 0 Å². The Hall–Kier alpha value is -1.49. The molecule has 1 atom stereocenters. The Labute approximate surface area is 128 Å². The van der Waals surface area contributed by atoms with Gasteiger partial charge >= 0.3 is 5.97 Å². The molecule has 0 saturated heterocycles. The quantitative estimate of drug-likeness (QED) is 0.906. The lowest BCUT2D eigenvalue weighted by Crippen LogP contribution is -2.49. The number of carbonyl (C=O) groups is 2. The van der Waals surface area contributed by atoms with Gasteiger partial charge in [-0.2, -0.15) is 11.8 Å². The number of benzene rings is 1. The number of aliphatic carboxylic acids is 1. The van der Waals surface area contributed by atoms with Crippen LogP contribution in [0.3, 0.4) is 0 Å². The molecule has 1 aliphatic heterocycles. The number of carbonyl (C=O) groups excluding carboxylic acids is 1. The Bertz CT molecular complexity index is 556. The highest BCUT2D eigenvalue weighted by molar-refractivity contribution is 7.99. The van der Waals surface area contributed by atoms with Crippen molar-refractivity contribution in [1.29, 1.82) is 0 Å². The summed E-state index contributed by atoms with van der Waals surface area (Å²) in [6.07, 6.45) is 2.95. The van der Waals surface area contributed by atoms with Crippen LogP contribution in [-0.4, -0.2) is 39.4 Å². The second-order valence-corrected chi connectivity index (χ2v) is 6.84. The lowest BCUT2D eigenvalue weighted by Gasteiger charge is -2.34. The maximum Gasteiger partial charge on any atom is 0.326 e. The highest BCUT2D eigenvalue weighted by Gasteiger charge is 2.34. The van der Waals surface area contributed by atoms with Gasteiger partial charge in [-0.05, 0) is 35.6 Å². The maximum absolute atomic E-state index is 12.4. The van der Waals surface area contributed by atoms with E-state index >= 15 is 0 Å². The minimum absolute atomic E-state index is 0.0532. The van der Waals surface area contributed by atoms with E-state index < -0.39 is 12.0 Å². The Morgan fingerprint density at radius 2 is 1.95 bits per heavy atom. The van der Waals surface area contributed by atoms with E-state index in [4.69, 9.17) is 0 Å². The number of carboxylic acid groups (broad SMARTS) is 1. The number of fused-ring (bicyclic) bond motifs is 1. The van der Waals surface area contributed by atoms with E-state index in [-0.39, 0.29) is 5.91 Å². The van der Waals surface area contributed by atoms with Crippen molar-refractivity contribution in [3.63, 3.8) is 0 Å². The van der Waals surface area contributed by atoms with Crippen molar-refractivity contribution < 1.29 is 14.7 Å². The van der Waals surface area contributed by atoms with E-state index in [1.165, 1.54) is 17.7 Å². The molecule has 1 aromatic carbocycles. The Kier molecular flexibility index (Phi) is 4.19. The van der Waals surface area contributed by atoms with Gasteiger partial charge < -0.3 is 10.0 Å². The molecule has 1 heterocycles. The minimum Gasteiger partial charge on any atom is -0.480 e. The van der Waals surface area contributed by atoms with Crippen molar-refractivity contribution in [1.82, 2.24) is 4.90 Å². The van der Waals surface area contributed by atoms with Crippen LogP contribution >= 0.6 is 11.8 Å². The number of amides is 1. The fourth-order valence-electron chi connectivity index (χ4n) is 2.69. The molecule has 1 aromatic rings. The number of carboxylic acids is 1. The summed E-state index contributed by atoms with van der Waals surface area (Å²) in [6.45, 7) is 0.413. The first-order valence-electron chi connectivity index (χ1n) is 7.32. The van der Waals surface area contributed by atoms with Gasteiger partial charge in [-0.25, -0.2) is 4.79 Å². The predicted octanol–water partition coefficient (Wildman–Crippen LogP) is 2.17. The van der Waals surface area contributed by atoms with E-state index in [1.54, 1.807) is 11.8 Å². The summed E-state index contributed by atoms with van der Waals surface area (Å²) < 4.78 is 0. The first-order chi connectivity index (χ1) is 10.1. The van der Waals surface area contributed by atoms with Crippen LogP contribution in [-0.2, 0) is 22.6 Å². The monoisotopic (exact) mass is 305 g/mol. The molecule has 0 bridgehead atoms. The molecule has 21 heavy (non-hydrogen) atoms. The fraction of sp³-hybridized carbons (Fsp3) is 0.500. The second-order valence-electron chi connectivity index (χ2n) is 5.81. The minimum atomic E-state index is -0.912. The van der Waals surface area contributed by atoms with Crippen LogP contribution in [0.2, 0.25) is 0 Å². The third kappa shape index (κ3) is 3.40. The van der Waals surface area contributed by atoms with Crippen LogP contribution in [0, 0.1) is 5.92 Å². The number of hydrogen-bond donors (Lipinski definition) is 1. The highest BCUT2D eigenvalue weighted by atomic mass is 32.2. The van der Waals surface area contributed by atoms with Crippen LogP contribution in [0.15, 0.2) is 24.3 Å². The Morgan fingerprint density at radius 1 is 1.24 bits per heavy atom. The average Bonchev–Trinajstić information content (AvgIpc) is 3.30. The fourth-order valence-corrected chi connectivity index (χ4v) is 3.81. The average molecular weight is 305 g/mol. The molecule has 0 spiro atoms. The number of hydrogen-bond acceptors (Lipinski definition) is 3. The van der Waals surface area contributed by atoms with Crippen LogP contribution in [0.5, 0.6) is 0 Å². The summed E-state index contributed by atoms with van der Waals surface area (Å²) in [5.41, 5.74) is 2.11. The van der Waals surface area contributed by atoms with Crippen molar-refractivity contribution in [2.24, 2.45) is 5.92 Å². The van der Waals surface area contributed by atoms with E-state index in [0.29, 0.717) is 18.7 Å². The van der Waals surface area contributed by atoms with Gasteiger partial charge in [-0.3, -0.25) is 4.79 Å². The van der Waals surface area contributed by atoms with Crippen molar-refractivity contribution >= 4 is 23.6 Å². The largest absolute Gasteiger partial charge is 0.480 e. The zero-order valence-corrected chi connectivity index (χ0v) is 12.6. The molecule has 3 rings (SSSR count). The van der Waals surface area contributed by atoms with Gasteiger partial charge in [0, 0.05) is 13.0 Å². The molecular weight excluding hydrogens is 286 g/mol. The summed E-state index contributed by atoms with van der Waals surface area (Å²) in [5, 5.41) is 9.41. The number of thioether (sulfide) groups is 1. The molecule has 1 fully saturated rings. The van der Waals surface area contributed by atoms with Crippen LogP contribution in [0.4, 0.5) is 0 Å². The molecular formula is C16H19NO3S. The molecule has 5 heteroatoms. The smallest absolute Gasteiger partial charge is 0.326 e. The number of nitrogens with zero attached hydrogens (tertiary/aromatic N) is 1. The third-order valence-electron chi connectivity index (χ3n) is 4.13. The van der Waals surface area contributed by atoms with E-state index in [1.807, 2.05) is 24.3 Å². The standard InChI is InChI=1S/C16H19NO3S/c18-15(10-21-9-11-5-6-11)17-8-13-4-2-1-3-12(13)7-14(17)16(19)20/h1-4,11,14H,5-10H2,(H,19,20). The van der Waals surface area contributed by atoms with Gasteiger partial charge in [0.05, 0.1) is 5.75 Å². The maximum atomic E-state index is 12.4. The van der Waals surface area contributed by atoms with E-state index in [2.05, 4.69) is 0 Å². The summed E-state index contributed by atoms with van der Waals surface area (Å²) in [4.78, 5) is 25.4. The predicted molar refractivity (Wildman–Crippen MR) is 82.2 cm³/mol. The summed E-state index contributed by atoms with van der Waals surface area (Å²) in [7, 11) is 0. The van der Waals surface area contributed by atoms with Crippen LogP contribution in [0.1, 0.15) is 24.0 Å². The first kappa shape index (κ1) is 14.4. The SMILES string of the molecule is O=C(O)C1Cc2ccccc2CN1C(=O)CSCC1CC1. The van der Waals surface area contributed by atoms with E-state index in [9.17, 15) is 14.7 Å². The normalized spacial score (nSPS) is 21.0. The molecule has 1 aliphatic carbocycles. The second kappa shape index (κ2) is 6.10. The first-order valence-corrected chi connectivity index (χ1v) is 8.47. The summed E-state index contributed by atoms with van der Waals surface area (Å²) >= 11 is 1.64. The molecule has 1 unspecified atom stereocenters. The third-order valence-corrected chi connectivity index (χ3v) is 5.29. The molecule has 1 N–H and O–H groups in total.